The summed E-state index contributed by atoms with van der Waals surface area (Å²) >= 11 is 0. The van der Waals surface area contributed by atoms with Crippen molar-refractivity contribution in [3.63, 3.8) is 0 Å². The van der Waals surface area contributed by atoms with E-state index in [0.717, 1.165) is 88.0 Å². The van der Waals surface area contributed by atoms with E-state index in [-0.39, 0.29) is 35.7 Å². The third-order valence-corrected chi connectivity index (χ3v) is 15.2. The number of alkyl carbamates (subject to hydrolysis) is 2. The first kappa shape index (κ1) is 47.7. The standard InChI is InChI=1S/C55H62FN7O8/c1-29(2)49(59-54(66)68-6)51(64)61-17-8-10-43(61)40-22-36(27-57-40)32-13-15-42-35(20-32)24-45-48-39(56)21-34(26-47(48)71-53(63(42)45)33-12-14-38-31(5)16-19-70-46(38)25-33)37-23-41(58-28-37)44-11-9-18-62(44)52(65)50(30(3)4)60-55(67)69-7/h12-15,20-21,24-31,43-44,49-50,53H,8-11,16-19,22-23H2,1-7H3,(H,59,66)(H,60,67)/t31?,43-,44-,49-,50-,53?/m0/s1. The Balaban J connectivity index is 0.938. The Hall–Kier alpha value is -6.97. The summed E-state index contributed by atoms with van der Waals surface area (Å²) in [5, 5.41) is 6.35. The number of likely N-dealkylation sites (tertiary alicyclic amines) is 2. The molecule has 16 heteroatoms. The van der Waals surface area contributed by atoms with Gasteiger partial charge >= 0.3 is 12.2 Å². The van der Waals surface area contributed by atoms with Crippen molar-refractivity contribution in [3.8, 4) is 22.8 Å². The summed E-state index contributed by atoms with van der Waals surface area (Å²) in [4.78, 5) is 65.5. The number of aliphatic imine (C=N–C) groups is 2. The minimum absolute atomic E-state index is 0.136. The zero-order chi connectivity index (χ0) is 49.8. The van der Waals surface area contributed by atoms with Crippen LogP contribution in [0.3, 0.4) is 0 Å². The van der Waals surface area contributed by atoms with Crippen LogP contribution in [0.15, 0.2) is 77.0 Å². The molecule has 10 rings (SSSR count). The summed E-state index contributed by atoms with van der Waals surface area (Å²) in [6.07, 6.45) is 6.76. The molecule has 2 N–H and O–H groups in total. The number of halogens is 1. The SMILES string of the molecule is COC(=O)N[C@H](C(=O)N1CCC[C@H]1C1=NC=C(c2cc(F)c3c(c2)OC(c2ccc4c(c2)OCCC4C)n2c-3cc3cc(C4=CN=C([C@@H]5CCCN5C(=O)[C@@H](NC(=O)OC)C(C)C)C4)ccc32)C1)C(C)C. The molecule has 15 nitrogen and oxygen atoms in total. The molecular weight excluding hydrogens is 906 g/mol. The monoisotopic (exact) mass is 967 g/mol. The number of hydrogen-bond donors (Lipinski definition) is 2. The average Bonchev–Trinajstić information content (AvgIpc) is 4.23. The fourth-order valence-electron chi connectivity index (χ4n) is 11.3. The van der Waals surface area contributed by atoms with Crippen molar-refractivity contribution in [2.24, 2.45) is 21.8 Å². The first-order valence-electron chi connectivity index (χ1n) is 25.0. The largest absolute Gasteiger partial charge is 0.493 e. The van der Waals surface area contributed by atoms with Crippen molar-refractivity contribution in [2.75, 3.05) is 33.9 Å². The lowest BCUT2D eigenvalue weighted by atomic mass is 9.93. The number of hydrogen-bond acceptors (Lipinski definition) is 10. The molecule has 4 aromatic rings. The van der Waals surface area contributed by atoms with Gasteiger partial charge in [-0.1, -0.05) is 52.8 Å². The maximum absolute atomic E-state index is 17.1. The van der Waals surface area contributed by atoms with Gasteiger partial charge in [0.15, 0.2) is 0 Å². The normalized spacial score (nSPS) is 22.1. The number of nitrogens with zero attached hydrogens (tertiary/aromatic N) is 5. The van der Waals surface area contributed by atoms with Crippen LogP contribution in [0.2, 0.25) is 0 Å². The van der Waals surface area contributed by atoms with Crippen LogP contribution in [0, 0.1) is 17.7 Å². The van der Waals surface area contributed by atoms with E-state index in [2.05, 4.69) is 58.5 Å². The third kappa shape index (κ3) is 8.83. The molecule has 6 atom stereocenters. The van der Waals surface area contributed by atoms with Crippen molar-refractivity contribution in [1.29, 1.82) is 0 Å². The van der Waals surface area contributed by atoms with Gasteiger partial charge in [-0.05, 0) is 114 Å². The van der Waals surface area contributed by atoms with Gasteiger partial charge in [-0.15, -0.1) is 0 Å². The Labute approximate surface area is 413 Å². The molecule has 7 heterocycles. The predicted octanol–water partition coefficient (Wildman–Crippen LogP) is 9.39. The lowest BCUT2D eigenvalue weighted by Crippen LogP contribution is -2.53. The number of fused-ring (bicyclic) bond motifs is 6. The van der Waals surface area contributed by atoms with E-state index in [0.29, 0.717) is 61.0 Å². The maximum atomic E-state index is 17.1. The predicted molar refractivity (Wildman–Crippen MR) is 269 cm³/mol. The molecule has 2 unspecified atom stereocenters. The second-order valence-corrected chi connectivity index (χ2v) is 20.3. The van der Waals surface area contributed by atoms with Crippen molar-refractivity contribution in [3.05, 3.63) is 95.1 Å². The molecule has 0 aliphatic carbocycles. The molecule has 2 saturated heterocycles. The number of aromatic nitrogens is 1. The van der Waals surface area contributed by atoms with Gasteiger partial charge < -0.3 is 43.9 Å². The van der Waals surface area contributed by atoms with Crippen molar-refractivity contribution >= 4 is 57.5 Å². The molecule has 0 spiro atoms. The first-order valence-corrected chi connectivity index (χ1v) is 25.0. The Bertz CT molecular complexity index is 2950. The van der Waals surface area contributed by atoms with Gasteiger partial charge in [-0.25, -0.2) is 14.0 Å². The molecule has 0 saturated carbocycles. The summed E-state index contributed by atoms with van der Waals surface area (Å²) in [6, 6.07) is 16.1. The summed E-state index contributed by atoms with van der Waals surface area (Å²) in [6.45, 7) is 11.5. The summed E-state index contributed by atoms with van der Waals surface area (Å²) < 4.78 is 42.0. The van der Waals surface area contributed by atoms with Crippen LogP contribution in [0.4, 0.5) is 14.0 Å². The third-order valence-electron chi connectivity index (χ3n) is 15.2. The molecule has 0 radical (unpaired) electrons. The molecule has 6 aliphatic heterocycles. The number of rotatable bonds is 11. The van der Waals surface area contributed by atoms with Gasteiger partial charge in [-0.2, -0.15) is 0 Å². The molecule has 1 aromatic heterocycles. The van der Waals surface area contributed by atoms with Gasteiger partial charge in [-0.3, -0.25) is 19.6 Å². The Kier molecular flexibility index (Phi) is 13.0. The van der Waals surface area contributed by atoms with Gasteiger partial charge in [0.1, 0.15) is 29.4 Å². The van der Waals surface area contributed by atoms with Crippen LogP contribution >= 0.6 is 0 Å². The minimum Gasteiger partial charge on any atom is -0.493 e. The minimum atomic E-state index is -0.749. The fraction of sp³-hybridized carbons (Fsp3) is 0.455. The summed E-state index contributed by atoms with van der Waals surface area (Å²) in [5.41, 5.74) is 9.07. The van der Waals surface area contributed by atoms with Gasteiger partial charge in [0.25, 0.3) is 0 Å². The zero-order valence-corrected chi connectivity index (χ0v) is 41.4. The van der Waals surface area contributed by atoms with Gasteiger partial charge in [0.2, 0.25) is 18.0 Å². The van der Waals surface area contributed by atoms with E-state index >= 15 is 4.39 Å². The van der Waals surface area contributed by atoms with E-state index in [4.69, 9.17) is 28.9 Å². The van der Waals surface area contributed by atoms with E-state index in [1.54, 1.807) is 12.3 Å². The summed E-state index contributed by atoms with van der Waals surface area (Å²) in [5.74, 6) is 0.523. The number of nitrogens with one attached hydrogen (secondary N) is 2. The average molecular weight is 968 g/mol. The molecule has 372 valence electrons. The summed E-state index contributed by atoms with van der Waals surface area (Å²) in [7, 11) is 2.57. The van der Waals surface area contributed by atoms with E-state index < -0.39 is 36.3 Å². The second-order valence-electron chi connectivity index (χ2n) is 20.3. The zero-order valence-electron chi connectivity index (χ0n) is 41.4. The van der Waals surface area contributed by atoms with E-state index in [1.807, 2.05) is 55.8 Å². The van der Waals surface area contributed by atoms with E-state index in [1.165, 1.54) is 14.2 Å². The highest BCUT2D eigenvalue weighted by Crippen LogP contribution is 2.49. The Morgan fingerprint density at radius 3 is 1.93 bits per heavy atom. The molecule has 6 aliphatic rings. The maximum Gasteiger partial charge on any atom is 0.407 e. The van der Waals surface area contributed by atoms with E-state index in [9.17, 15) is 19.2 Å². The van der Waals surface area contributed by atoms with Crippen LogP contribution in [0.25, 0.3) is 33.3 Å². The number of ether oxygens (including phenoxy) is 4. The number of amides is 4. The highest BCUT2D eigenvalue weighted by Gasteiger charge is 2.41. The number of carbonyl (C=O) groups is 4. The highest BCUT2D eigenvalue weighted by molar-refractivity contribution is 6.06. The van der Waals surface area contributed by atoms with Crippen LogP contribution in [-0.4, -0.2) is 108 Å². The first-order chi connectivity index (χ1) is 34.2. The van der Waals surface area contributed by atoms with Gasteiger partial charge in [0.05, 0.1) is 49.7 Å². The number of allylic oxidation sites excluding steroid dienone is 2. The van der Waals surface area contributed by atoms with Crippen LogP contribution in [-0.2, 0) is 19.1 Å². The number of methoxy groups -OCH3 is 2. The van der Waals surface area contributed by atoms with Gasteiger partial charge in [0, 0.05) is 60.7 Å². The van der Waals surface area contributed by atoms with Crippen LogP contribution < -0.4 is 20.1 Å². The van der Waals surface area contributed by atoms with Crippen molar-refractivity contribution < 1.29 is 42.5 Å². The molecule has 0 bridgehead atoms. The second kappa shape index (κ2) is 19.3. The lowest BCUT2D eigenvalue weighted by molar-refractivity contribution is -0.134. The van der Waals surface area contributed by atoms with Crippen LogP contribution in [0.1, 0.15) is 114 Å². The fourth-order valence-corrected chi connectivity index (χ4v) is 11.3. The smallest absolute Gasteiger partial charge is 0.407 e. The number of benzene rings is 3. The lowest BCUT2D eigenvalue weighted by Gasteiger charge is -2.32. The molecule has 3 aromatic carbocycles. The van der Waals surface area contributed by atoms with Crippen LogP contribution in [0.5, 0.6) is 11.5 Å². The highest BCUT2D eigenvalue weighted by atomic mass is 19.1. The topological polar surface area (TPSA) is 165 Å². The molecule has 4 amide bonds. The molecule has 71 heavy (non-hydrogen) atoms. The Morgan fingerprint density at radius 1 is 0.732 bits per heavy atom. The number of carbonyl (C=O) groups excluding carboxylic acids is 4. The Morgan fingerprint density at radius 2 is 1.34 bits per heavy atom. The quantitative estimate of drug-likeness (QED) is 0.150. The molecule has 2 fully saturated rings. The van der Waals surface area contributed by atoms with Crippen molar-refractivity contribution in [2.45, 2.75) is 116 Å². The van der Waals surface area contributed by atoms with Crippen molar-refractivity contribution in [1.82, 2.24) is 25.0 Å². The molecular formula is C55H62FN7O8.